The van der Waals surface area contributed by atoms with Gasteiger partial charge in [-0.25, -0.2) is 4.39 Å². The van der Waals surface area contributed by atoms with Crippen molar-refractivity contribution in [3.05, 3.63) is 62.3 Å². The van der Waals surface area contributed by atoms with Crippen LogP contribution in [0.15, 0.2) is 45.3 Å². The predicted molar refractivity (Wildman–Crippen MR) is 80.9 cm³/mol. The largest absolute Gasteiger partial charge is 0.322 e. The van der Waals surface area contributed by atoms with Crippen molar-refractivity contribution in [2.45, 2.75) is 6.92 Å². The highest BCUT2D eigenvalue weighted by Gasteiger charge is 2.10. The molecule has 1 N–H and O–H groups in total. The van der Waals surface area contributed by atoms with Gasteiger partial charge in [0.25, 0.3) is 5.91 Å². The number of benzene rings is 2. The molecule has 2 rings (SSSR count). The summed E-state index contributed by atoms with van der Waals surface area (Å²) in [6.07, 6.45) is 0. The summed E-state index contributed by atoms with van der Waals surface area (Å²) in [4.78, 5) is 12.1. The molecule has 19 heavy (non-hydrogen) atoms. The number of hydrogen-bond donors (Lipinski definition) is 1. The van der Waals surface area contributed by atoms with E-state index in [0.29, 0.717) is 15.7 Å². The SMILES string of the molecule is Cc1cc(Br)ccc1C(=O)Nc1ccc(Br)c(F)c1. The van der Waals surface area contributed by atoms with Crippen LogP contribution in [0.2, 0.25) is 0 Å². The van der Waals surface area contributed by atoms with E-state index < -0.39 is 5.82 Å². The van der Waals surface area contributed by atoms with E-state index in [-0.39, 0.29) is 5.91 Å². The van der Waals surface area contributed by atoms with E-state index in [1.807, 2.05) is 13.0 Å². The van der Waals surface area contributed by atoms with Crippen LogP contribution in [0.1, 0.15) is 15.9 Å². The van der Waals surface area contributed by atoms with Crippen LogP contribution in [-0.2, 0) is 0 Å². The number of halogens is 3. The highest BCUT2D eigenvalue weighted by molar-refractivity contribution is 9.10. The topological polar surface area (TPSA) is 29.1 Å². The average Bonchev–Trinajstić information content (AvgIpc) is 2.33. The number of carbonyl (C=O) groups is 1. The minimum Gasteiger partial charge on any atom is -0.322 e. The maximum absolute atomic E-state index is 13.4. The third kappa shape index (κ3) is 3.42. The Kier molecular flexibility index (Phi) is 4.37. The fraction of sp³-hybridized carbons (Fsp3) is 0.0714. The molecular formula is C14H10Br2FNO. The van der Waals surface area contributed by atoms with Gasteiger partial charge in [0.05, 0.1) is 4.47 Å². The molecule has 2 aromatic rings. The third-order valence-corrected chi connectivity index (χ3v) is 3.75. The van der Waals surface area contributed by atoms with E-state index in [9.17, 15) is 9.18 Å². The predicted octanol–water partition coefficient (Wildman–Crippen LogP) is 4.91. The fourth-order valence-electron chi connectivity index (χ4n) is 1.65. The van der Waals surface area contributed by atoms with Crippen LogP contribution in [0.5, 0.6) is 0 Å². The summed E-state index contributed by atoms with van der Waals surface area (Å²) >= 11 is 6.41. The second kappa shape index (κ2) is 5.84. The molecule has 0 unspecified atom stereocenters. The van der Waals surface area contributed by atoms with Gasteiger partial charge in [-0.1, -0.05) is 15.9 Å². The molecule has 98 valence electrons. The molecule has 2 nitrogen and oxygen atoms in total. The van der Waals surface area contributed by atoms with Crippen molar-refractivity contribution in [2.24, 2.45) is 0 Å². The first-order chi connectivity index (χ1) is 8.97. The van der Waals surface area contributed by atoms with E-state index in [2.05, 4.69) is 37.2 Å². The van der Waals surface area contributed by atoms with Crippen LogP contribution in [-0.4, -0.2) is 5.91 Å². The molecule has 0 saturated carbocycles. The Labute approximate surface area is 127 Å². The monoisotopic (exact) mass is 385 g/mol. The zero-order valence-electron chi connectivity index (χ0n) is 10.0. The lowest BCUT2D eigenvalue weighted by Gasteiger charge is -2.08. The molecule has 0 aliphatic heterocycles. The van der Waals surface area contributed by atoms with Crippen molar-refractivity contribution in [1.82, 2.24) is 0 Å². The Morgan fingerprint density at radius 3 is 2.53 bits per heavy atom. The van der Waals surface area contributed by atoms with Gasteiger partial charge in [0, 0.05) is 15.7 Å². The van der Waals surface area contributed by atoms with Gasteiger partial charge in [-0.15, -0.1) is 0 Å². The lowest BCUT2D eigenvalue weighted by atomic mass is 10.1. The average molecular weight is 387 g/mol. The molecule has 5 heteroatoms. The Hall–Kier alpha value is -1.20. The zero-order valence-corrected chi connectivity index (χ0v) is 13.2. The summed E-state index contributed by atoms with van der Waals surface area (Å²) in [6.45, 7) is 1.85. The van der Waals surface area contributed by atoms with Gasteiger partial charge in [-0.2, -0.15) is 0 Å². The van der Waals surface area contributed by atoms with E-state index >= 15 is 0 Å². The molecule has 2 aromatic carbocycles. The molecule has 0 bridgehead atoms. The normalized spacial score (nSPS) is 10.3. The minimum atomic E-state index is -0.412. The zero-order chi connectivity index (χ0) is 14.0. The third-order valence-electron chi connectivity index (χ3n) is 2.61. The number of carbonyl (C=O) groups excluding carboxylic acids is 1. The van der Waals surface area contributed by atoms with E-state index in [1.165, 1.54) is 6.07 Å². The van der Waals surface area contributed by atoms with Crippen LogP contribution in [0, 0.1) is 12.7 Å². The fourth-order valence-corrected chi connectivity index (χ4v) is 2.38. The summed E-state index contributed by atoms with van der Waals surface area (Å²) in [5, 5.41) is 2.67. The Balaban J connectivity index is 2.23. The number of rotatable bonds is 2. The van der Waals surface area contributed by atoms with Gasteiger partial charge in [0.1, 0.15) is 5.82 Å². The quantitative estimate of drug-likeness (QED) is 0.780. The molecule has 0 aliphatic carbocycles. The maximum Gasteiger partial charge on any atom is 0.255 e. The van der Waals surface area contributed by atoms with Crippen molar-refractivity contribution in [3.8, 4) is 0 Å². The molecule has 0 radical (unpaired) electrons. The van der Waals surface area contributed by atoms with Crippen molar-refractivity contribution in [1.29, 1.82) is 0 Å². The number of nitrogens with one attached hydrogen (secondary N) is 1. The number of anilines is 1. The van der Waals surface area contributed by atoms with E-state index in [0.717, 1.165) is 10.0 Å². The summed E-state index contributed by atoms with van der Waals surface area (Å²) in [7, 11) is 0. The summed E-state index contributed by atoms with van der Waals surface area (Å²) < 4.78 is 14.6. The maximum atomic E-state index is 13.4. The van der Waals surface area contributed by atoms with Gasteiger partial charge in [0.15, 0.2) is 0 Å². The highest BCUT2D eigenvalue weighted by atomic mass is 79.9. The van der Waals surface area contributed by atoms with Gasteiger partial charge < -0.3 is 5.32 Å². The molecule has 0 heterocycles. The van der Waals surface area contributed by atoms with Crippen molar-refractivity contribution in [2.75, 3.05) is 5.32 Å². The van der Waals surface area contributed by atoms with Crippen LogP contribution < -0.4 is 5.32 Å². The standard InChI is InChI=1S/C14H10Br2FNO/c1-8-6-9(15)2-4-11(8)14(19)18-10-3-5-12(16)13(17)7-10/h2-7H,1H3,(H,18,19). The first-order valence-corrected chi connectivity index (χ1v) is 7.08. The Bertz CT molecular complexity index is 643. The number of hydrogen-bond acceptors (Lipinski definition) is 1. The highest BCUT2D eigenvalue weighted by Crippen LogP contribution is 2.21. The minimum absolute atomic E-state index is 0.258. The van der Waals surface area contributed by atoms with Crippen molar-refractivity contribution in [3.63, 3.8) is 0 Å². The first kappa shape index (κ1) is 14.2. The van der Waals surface area contributed by atoms with Crippen LogP contribution in [0.4, 0.5) is 10.1 Å². The molecule has 0 fully saturated rings. The van der Waals surface area contributed by atoms with Crippen molar-refractivity contribution >= 4 is 43.5 Å². The van der Waals surface area contributed by atoms with E-state index in [1.54, 1.807) is 24.3 Å². The Morgan fingerprint density at radius 2 is 1.89 bits per heavy atom. The smallest absolute Gasteiger partial charge is 0.255 e. The van der Waals surface area contributed by atoms with Gasteiger partial charge in [0.2, 0.25) is 0 Å². The summed E-state index contributed by atoms with van der Waals surface area (Å²) in [6, 6.07) is 9.85. The molecule has 0 aliphatic rings. The molecule has 1 amide bonds. The number of aryl methyl sites for hydroxylation is 1. The van der Waals surface area contributed by atoms with E-state index in [4.69, 9.17) is 0 Å². The van der Waals surface area contributed by atoms with Gasteiger partial charge in [-0.3, -0.25) is 4.79 Å². The lowest BCUT2D eigenvalue weighted by molar-refractivity contribution is 0.102. The van der Waals surface area contributed by atoms with Gasteiger partial charge in [-0.05, 0) is 64.8 Å². The lowest BCUT2D eigenvalue weighted by Crippen LogP contribution is -2.13. The van der Waals surface area contributed by atoms with Gasteiger partial charge >= 0.3 is 0 Å². The molecule has 0 spiro atoms. The van der Waals surface area contributed by atoms with Crippen molar-refractivity contribution < 1.29 is 9.18 Å². The summed E-state index contributed by atoms with van der Waals surface area (Å²) in [5.74, 6) is -0.669. The van der Waals surface area contributed by atoms with Crippen LogP contribution in [0.25, 0.3) is 0 Å². The van der Waals surface area contributed by atoms with Crippen LogP contribution >= 0.6 is 31.9 Å². The Morgan fingerprint density at radius 1 is 1.16 bits per heavy atom. The summed E-state index contributed by atoms with van der Waals surface area (Å²) in [5.41, 5.74) is 1.84. The first-order valence-electron chi connectivity index (χ1n) is 5.50. The molecular weight excluding hydrogens is 377 g/mol. The van der Waals surface area contributed by atoms with Crippen LogP contribution in [0.3, 0.4) is 0 Å². The molecule has 0 saturated heterocycles. The molecule has 0 atom stereocenters. The second-order valence-corrected chi connectivity index (χ2v) is 5.81. The molecule has 0 aromatic heterocycles. The second-order valence-electron chi connectivity index (χ2n) is 4.04. The number of amides is 1.